The molecule has 2 saturated carbocycles. The number of Topliss-reactive ketones (excluding diaryl/α,β-unsaturated/α-hetero) is 1. The van der Waals surface area contributed by atoms with Crippen LogP contribution in [0.2, 0.25) is 0 Å². The Balaban J connectivity index is 1.57. The molecule has 0 aromatic carbocycles. The molecule has 1 saturated heterocycles. The summed E-state index contributed by atoms with van der Waals surface area (Å²) >= 11 is 0. The molecule has 2 N–H and O–H groups in total. The van der Waals surface area contributed by atoms with Gasteiger partial charge in [0.25, 0.3) is 0 Å². The van der Waals surface area contributed by atoms with Crippen LogP contribution in [0, 0.1) is 34.5 Å². The lowest BCUT2D eigenvalue weighted by atomic mass is 9.70. The number of nitrogens with zero attached hydrogens (tertiary/aromatic N) is 2. The van der Waals surface area contributed by atoms with Crippen LogP contribution in [0.5, 0.6) is 0 Å². The highest BCUT2D eigenvalue weighted by molar-refractivity contribution is 6.01. The molecule has 8 heteroatoms. The van der Waals surface area contributed by atoms with Gasteiger partial charge in [-0.15, -0.1) is 0 Å². The lowest BCUT2D eigenvalue weighted by molar-refractivity contribution is -0.147. The third-order valence-corrected chi connectivity index (χ3v) is 8.68. The van der Waals surface area contributed by atoms with E-state index < -0.39 is 0 Å². The summed E-state index contributed by atoms with van der Waals surface area (Å²) in [6.07, 6.45) is 4.94. The molecule has 3 aliphatic rings. The number of carbonyl (C=O) groups is 2. The molecule has 5 atom stereocenters. The normalized spacial score (nSPS) is 30.7. The monoisotopic (exact) mass is 500 g/mol. The summed E-state index contributed by atoms with van der Waals surface area (Å²) in [6, 6.07) is 0. The molecule has 0 radical (unpaired) electrons. The van der Waals surface area contributed by atoms with Crippen molar-refractivity contribution in [2.75, 3.05) is 45.8 Å². The molecule has 36 heavy (non-hydrogen) atoms. The van der Waals surface area contributed by atoms with E-state index >= 15 is 0 Å². The van der Waals surface area contributed by atoms with Crippen LogP contribution in [-0.4, -0.2) is 62.2 Å². The van der Waals surface area contributed by atoms with E-state index in [0.29, 0.717) is 61.1 Å². The van der Waals surface area contributed by atoms with Gasteiger partial charge in [0.15, 0.2) is 5.78 Å². The van der Waals surface area contributed by atoms with Gasteiger partial charge in [-0.2, -0.15) is 0 Å². The second-order valence-corrected chi connectivity index (χ2v) is 12.5. The summed E-state index contributed by atoms with van der Waals surface area (Å²) in [4.78, 5) is 35.6. The van der Waals surface area contributed by atoms with Crippen LogP contribution >= 0.6 is 0 Å². The number of ketones is 1. The first-order valence-electron chi connectivity index (χ1n) is 13.4. The van der Waals surface area contributed by atoms with Crippen molar-refractivity contribution in [3.8, 4) is 0 Å². The minimum atomic E-state index is -0.218. The third-order valence-electron chi connectivity index (χ3n) is 8.68. The van der Waals surface area contributed by atoms with Gasteiger partial charge in [-0.3, -0.25) is 9.59 Å². The van der Waals surface area contributed by atoms with E-state index in [2.05, 4.69) is 50.2 Å². The fraction of sp³-hybridized carbons (Fsp3) is 0.786. The maximum absolute atomic E-state index is 13.9. The average molecular weight is 501 g/mol. The maximum atomic E-state index is 13.9. The van der Waals surface area contributed by atoms with Crippen molar-refractivity contribution in [2.45, 2.75) is 65.7 Å². The number of hydrogen-bond donors (Lipinski definition) is 2. The molecule has 200 valence electrons. The standard InChI is InChI=1S/C28H44N4O4/c1-17(2)11-20-22-27(12-18(14-29-16-27)24(34)36-7)28(20,22)13-21(33)19-15-31-25(26(3,4)5)32-23(19)30-9-8-10-35-6/h15,17-18,20,22,29H,8-14,16H2,1-7H3,(H,30,31,32)/t18-,20?,22?,27-,28?/m1/s1. The number of fused-ring (bicyclic) bond motifs is 3. The number of anilines is 1. The predicted molar refractivity (Wildman–Crippen MR) is 139 cm³/mol. The average Bonchev–Trinajstić information content (AvgIpc) is 3.65. The Hall–Kier alpha value is -2.06. The van der Waals surface area contributed by atoms with Crippen molar-refractivity contribution in [3.63, 3.8) is 0 Å². The molecule has 1 aliphatic heterocycles. The molecule has 0 amide bonds. The number of hydrogen-bond acceptors (Lipinski definition) is 8. The van der Waals surface area contributed by atoms with Gasteiger partial charge in [0.05, 0.1) is 18.6 Å². The number of rotatable bonds is 11. The predicted octanol–water partition coefficient (Wildman–Crippen LogP) is 3.86. The number of methoxy groups -OCH3 is 2. The Labute approximate surface area is 215 Å². The first-order valence-corrected chi connectivity index (χ1v) is 13.4. The van der Waals surface area contributed by atoms with E-state index in [-0.39, 0.29) is 33.9 Å². The van der Waals surface area contributed by atoms with Crippen LogP contribution in [0.15, 0.2) is 6.20 Å². The Kier molecular flexibility index (Phi) is 7.50. The van der Waals surface area contributed by atoms with Crippen LogP contribution in [0.4, 0.5) is 5.82 Å². The summed E-state index contributed by atoms with van der Waals surface area (Å²) in [5.41, 5.74) is 0.325. The Morgan fingerprint density at radius 1 is 1.28 bits per heavy atom. The number of carbonyl (C=O) groups excluding carboxylic acids is 2. The number of nitrogens with one attached hydrogen (secondary N) is 2. The largest absolute Gasteiger partial charge is 0.469 e. The third kappa shape index (κ3) is 4.67. The van der Waals surface area contributed by atoms with E-state index in [1.807, 2.05) is 0 Å². The molecule has 4 rings (SSSR count). The van der Waals surface area contributed by atoms with Gasteiger partial charge in [0.1, 0.15) is 11.6 Å². The van der Waals surface area contributed by atoms with E-state index in [4.69, 9.17) is 14.5 Å². The zero-order valence-corrected chi connectivity index (χ0v) is 23.1. The van der Waals surface area contributed by atoms with Crippen molar-refractivity contribution in [3.05, 3.63) is 17.6 Å². The second-order valence-electron chi connectivity index (χ2n) is 12.5. The quantitative estimate of drug-likeness (QED) is 0.268. The molecule has 3 unspecified atom stereocenters. The minimum absolute atomic E-state index is 0.0115. The molecule has 2 heterocycles. The van der Waals surface area contributed by atoms with Crippen molar-refractivity contribution in [2.24, 2.45) is 34.5 Å². The first-order chi connectivity index (χ1) is 17.0. The van der Waals surface area contributed by atoms with Gasteiger partial charge in [-0.1, -0.05) is 34.6 Å². The van der Waals surface area contributed by atoms with Gasteiger partial charge in [-0.25, -0.2) is 9.97 Å². The van der Waals surface area contributed by atoms with Crippen molar-refractivity contribution >= 4 is 17.6 Å². The summed E-state index contributed by atoms with van der Waals surface area (Å²) < 4.78 is 10.2. The molecule has 1 aromatic heterocycles. The van der Waals surface area contributed by atoms with E-state index in [0.717, 1.165) is 25.8 Å². The Morgan fingerprint density at radius 3 is 2.67 bits per heavy atom. The SMILES string of the molecule is COCCCNc1nc(C(C)(C)C)ncc1C(=O)CC12C(CC(C)C)C1[C@@]21CNC[C@H](C(=O)OC)C1. The molecule has 1 spiro atoms. The summed E-state index contributed by atoms with van der Waals surface area (Å²) in [5, 5.41) is 6.87. The number of esters is 1. The Morgan fingerprint density at radius 2 is 2.03 bits per heavy atom. The van der Waals surface area contributed by atoms with Crippen LogP contribution in [0.25, 0.3) is 0 Å². The van der Waals surface area contributed by atoms with Gasteiger partial charge in [0, 0.05) is 51.4 Å². The molecule has 2 aliphatic carbocycles. The van der Waals surface area contributed by atoms with E-state index in [9.17, 15) is 9.59 Å². The summed E-state index contributed by atoms with van der Waals surface area (Å²) in [5.74, 6) is 2.74. The second kappa shape index (κ2) is 10.0. The van der Waals surface area contributed by atoms with Crippen LogP contribution in [0.3, 0.4) is 0 Å². The number of piperidine rings is 1. The van der Waals surface area contributed by atoms with Crippen molar-refractivity contribution < 1.29 is 19.1 Å². The first kappa shape index (κ1) is 27.0. The topological polar surface area (TPSA) is 102 Å². The molecule has 0 bridgehead atoms. The van der Waals surface area contributed by atoms with Gasteiger partial charge in [-0.05, 0) is 47.8 Å². The summed E-state index contributed by atoms with van der Waals surface area (Å²) in [6.45, 7) is 13.6. The van der Waals surface area contributed by atoms with E-state index in [1.165, 1.54) is 7.11 Å². The highest BCUT2D eigenvalue weighted by Crippen LogP contribution is 2.95. The van der Waals surface area contributed by atoms with Crippen LogP contribution < -0.4 is 10.6 Å². The molecule has 8 nitrogen and oxygen atoms in total. The lowest BCUT2D eigenvalue weighted by Gasteiger charge is -2.39. The van der Waals surface area contributed by atoms with Crippen molar-refractivity contribution in [1.29, 1.82) is 0 Å². The zero-order chi connectivity index (χ0) is 26.3. The number of aromatic nitrogens is 2. The zero-order valence-electron chi connectivity index (χ0n) is 23.1. The van der Waals surface area contributed by atoms with Gasteiger partial charge >= 0.3 is 5.97 Å². The fourth-order valence-electron chi connectivity index (χ4n) is 7.02. The molecule has 3 fully saturated rings. The van der Waals surface area contributed by atoms with Gasteiger partial charge in [0.2, 0.25) is 0 Å². The lowest BCUT2D eigenvalue weighted by Crippen LogP contribution is -2.47. The molecular formula is C28H44N4O4. The van der Waals surface area contributed by atoms with Crippen LogP contribution in [-0.2, 0) is 19.7 Å². The fourth-order valence-corrected chi connectivity index (χ4v) is 7.02. The number of ether oxygens (including phenoxy) is 2. The highest BCUT2D eigenvalue weighted by Gasteiger charge is 2.93. The van der Waals surface area contributed by atoms with Crippen LogP contribution in [0.1, 0.15) is 76.5 Å². The maximum Gasteiger partial charge on any atom is 0.309 e. The minimum Gasteiger partial charge on any atom is -0.469 e. The Bertz CT molecular complexity index is 990. The van der Waals surface area contributed by atoms with Gasteiger partial charge < -0.3 is 20.1 Å². The molecular weight excluding hydrogens is 456 g/mol. The smallest absolute Gasteiger partial charge is 0.309 e. The molecule has 1 aromatic rings. The van der Waals surface area contributed by atoms with Crippen molar-refractivity contribution in [1.82, 2.24) is 15.3 Å². The summed E-state index contributed by atoms with van der Waals surface area (Å²) in [7, 11) is 3.15. The van der Waals surface area contributed by atoms with E-state index in [1.54, 1.807) is 13.3 Å². The highest BCUT2D eigenvalue weighted by atomic mass is 16.5.